The highest BCUT2D eigenvalue weighted by Crippen LogP contribution is 2.00. The van der Waals surface area contributed by atoms with Gasteiger partial charge in [0.05, 0.1) is 0 Å². The van der Waals surface area contributed by atoms with Gasteiger partial charge in [0.25, 0.3) is 0 Å². The van der Waals surface area contributed by atoms with Gasteiger partial charge in [-0.2, -0.15) is 0 Å². The normalized spacial score (nSPS) is 14.3. The van der Waals surface area contributed by atoms with Crippen LogP contribution in [-0.2, 0) is 0 Å². The largest absolute Gasteiger partial charge is 0.330 e. The first-order valence-corrected chi connectivity index (χ1v) is 4.94. The van der Waals surface area contributed by atoms with E-state index in [1.54, 1.807) is 0 Å². The zero-order valence-electron chi connectivity index (χ0n) is 9.00. The van der Waals surface area contributed by atoms with Gasteiger partial charge in [-0.3, -0.25) is 0 Å². The van der Waals surface area contributed by atoms with E-state index in [2.05, 4.69) is 6.92 Å². The molecule has 0 aromatic carbocycles. The maximum Gasteiger partial charge on any atom is 0.0134 e. The van der Waals surface area contributed by atoms with Crippen LogP contribution >= 0.6 is 0 Å². The predicted octanol–water partition coefficient (Wildman–Crippen LogP) is -0.388. The van der Waals surface area contributed by atoms with Crippen LogP contribution in [0.25, 0.3) is 0 Å². The molecule has 0 aliphatic heterocycles. The molecule has 0 aromatic heterocycles. The van der Waals surface area contributed by atoms with E-state index in [9.17, 15) is 0 Å². The van der Waals surface area contributed by atoms with E-state index in [0.29, 0.717) is 12.5 Å². The van der Waals surface area contributed by atoms with Crippen LogP contribution in [0.15, 0.2) is 0 Å². The Labute approximate surface area is 82.0 Å². The molecule has 0 aromatic rings. The van der Waals surface area contributed by atoms with E-state index in [0.717, 1.165) is 19.5 Å². The van der Waals surface area contributed by atoms with Crippen molar-refractivity contribution >= 4 is 0 Å². The topological polar surface area (TPSA) is 104 Å². The molecule has 0 saturated heterocycles. The lowest BCUT2D eigenvalue weighted by Crippen LogP contribution is -2.25. The van der Waals surface area contributed by atoms with Crippen LogP contribution in [0.2, 0.25) is 0 Å². The highest BCUT2D eigenvalue weighted by Gasteiger charge is 1.95. The van der Waals surface area contributed by atoms with Crippen LogP contribution in [0.5, 0.6) is 0 Å². The number of hydrogen-bond acceptors (Lipinski definition) is 4. The first kappa shape index (κ1) is 15.3. The summed E-state index contributed by atoms with van der Waals surface area (Å²) in [5, 5.41) is 0. The molecule has 0 heterocycles. The summed E-state index contributed by atoms with van der Waals surface area (Å²) < 4.78 is 0. The highest BCUT2D eigenvalue weighted by molar-refractivity contribution is 4.52. The molecular weight excluding hydrogens is 164 g/mol. The fraction of sp³-hybridized carbons (Fsp3) is 1.00. The van der Waals surface area contributed by atoms with Gasteiger partial charge < -0.3 is 22.9 Å². The summed E-state index contributed by atoms with van der Waals surface area (Å²) in [4.78, 5) is 0. The van der Waals surface area contributed by atoms with Crippen molar-refractivity contribution in [3.8, 4) is 0 Å². The van der Waals surface area contributed by atoms with Crippen molar-refractivity contribution in [3.05, 3.63) is 0 Å². The van der Waals surface area contributed by atoms with Gasteiger partial charge in [-0.25, -0.2) is 0 Å². The number of nitrogens with two attached hydrogens (primary N) is 4. The van der Waals surface area contributed by atoms with Crippen molar-refractivity contribution in [2.75, 3.05) is 19.6 Å². The molecule has 82 valence electrons. The van der Waals surface area contributed by atoms with Crippen molar-refractivity contribution in [1.29, 1.82) is 0 Å². The van der Waals surface area contributed by atoms with Crippen LogP contribution in [0.4, 0.5) is 0 Å². The second-order valence-electron chi connectivity index (χ2n) is 3.48. The Morgan fingerprint density at radius 1 is 1.00 bits per heavy atom. The first-order valence-electron chi connectivity index (χ1n) is 4.94. The molecule has 0 aliphatic rings. The Morgan fingerprint density at radius 3 is 1.69 bits per heavy atom. The van der Waals surface area contributed by atoms with Crippen LogP contribution in [-0.4, -0.2) is 25.7 Å². The Balaban J connectivity index is 0. The summed E-state index contributed by atoms with van der Waals surface area (Å²) in [6.07, 6.45) is 2.28. The van der Waals surface area contributed by atoms with Crippen molar-refractivity contribution in [2.24, 2.45) is 28.9 Å². The summed E-state index contributed by atoms with van der Waals surface area (Å²) in [5.74, 6) is 0.651. The Hall–Kier alpha value is -0.160. The van der Waals surface area contributed by atoms with Gasteiger partial charge >= 0.3 is 0 Å². The number of hydrogen-bond donors (Lipinski definition) is 4. The fourth-order valence-electron chi connectivity index (χ4n) is 0.584. The van der Waals surface area contributed by atoms with E-state index in [-0.39, 0.29) is 6.04 Å². The third kappa shape index (κ3) is 18.7. The molecule has 0 rings (SSSR count). The van der Waals surface area contributed by atoms with E-state index in [1.165, 1.54) is 6.42 Å². The Bertz CT molecular complexity index is 85.7. The standard InChI is InChI=1S/C6H16N2.C3H10N2/c1-6(5-8)3-2-4-7;1-3(5)2-4/h6H,2-5,7-8H2,1H3;3H,2,4-5H2,1H3. The molecule has 13 heavy (non-hydrogen) atoms. The molecule has 2 atom stereocenters. The Kier molecular flexibility index (Phi) is 14.0. The van der Waals surface area contributed by atoms with Crippen molar-refractivity contribution < 1.29 is 0 Å². The van der Waals surface area contributed by atoms with Gasteiger partial charge in [0.1, 0.15) is 0 Å². The quantitative estimate of drug-likeness (QED) is 0.474. The van der Waals surface area contributed by atoms with E-state index in [1.807, 2.05) is 6.92 Å². The monoisotopic (exact) mass is 190 g/mol. The minimum atomic E-state index is 0.162. The van der Waals surface area contributed by atoms with Crippen LogP contribution < -0.4 is 22.9 Å². The molecule has 4 nitrogen and oxygen atoms in total. The lowest BCUT2D eigenvalue weighted by Gasteiger charge is -2.04. The van der Waals surface area contributed by atoms with Gasteiger partial charge in [0, 0.05) is 12.6 Å². The van der Waals surface area contributed by atoms with Gasteiger partial charge in [-0.1, -0.05) is 6.92 Å². The molecule has 2 unspecified atom stereocenters. The second kappa shape index (κ2) is 11.8. The zero-order valence-corrected chi connectivity index (χ0v) is 9.00. The minimum Gasteiger partial charge on any atom is -0.330 e. The van der Waals surface area contributed by atoms with Gasteiger partial charge in [-0.15, -0.1) is 0 Å². The lowest BCUT2D eigenvalue weighted by atomic mass is 10.1. The van der Waals surface area contributed by atoms with Gasteiger partial charge in [-0.05, 0) is 38.8 Å². The summed E-state index contributed by atoms with van der Waals surface area (Å²) in [7, 11) is 0. The SMILES string of the molecule is CC(CN)CCCN.CC(N)CN. The summed E-state index contributed by atoms with van der Waals surface area (Å²) in [6.45, 7) is 6.19. The van der Waals surface area contributed by atoms with Crippen molar-refractivity contribution in [3.63, 3.8) is 0 Å². The van der Waals surface area contributed by atoms with E-state index < -0.39 is 0 Å². The fourth-order valence-corrected chi connectivity index (χ4v) is 0.584. The summed E-state index contributed by atoms with van der Waals surface area (Å²) in [5.41, 5.74) is 20.9. The summed E-state index contributed by atoms with van der Waals surface area (Å²) >= 11 is 0. The Morgan fingerprint density at radius 2 is 1.46 bits per heavy atom. The van der Waals surface area contributed by atoms with Crippen LogP contribution in [0.3, 0.4) is 0 Å². The molecule has 0 spiro atoms. The molecule has 0 amide bonds. The minimum absolute atomic E-state index is 0.162. The highest BCUT2D eigenvalue weighted by atomic mass is 14.7. The smallest absolute Gasteiger partial charge is 0.0134 e. The van der Waals surface area contributed by atoms with E-state index >= 15 is 0 Å². The molecule has 0 aliphatic carbocycles. The lowest BCUT2D eigenvalue weighted by molar-refractivity contribution is 0.525. The average molecular weight is 190 g/mol. The maximum atomic E-state index is 5.37. The van der Waals surface area contributed by atoms with Gasteiger partial charge in [0.15, 0.2) is 0 Å². The first-order chi connectivity index (χ1) is 6.08. The molecular formula is C9H26N4. The van der Waals surface area contributed by atoms with Gasteiger partial charge in [0.2, 0.25) is 0 Å². The summed E-state index contributed by atoms with van der Waals surface area (Å²) in [6, 6.07) is 0.162. The maximum absolute atomic E-state index is 5.37. The zero-order chi connectivity index (χ0) is 10.7. The average Bonchev–Trinajstić information content (AvgIpc) is 2.15. The molecule has 0 saturated carbocycles. The third-order valence-electron chi connectivity index (χ3n) is 1.68. The number of rotatable bonds is 5. The second-order valence-corrected chi connectivity index (χ2v) is 3.48. The van der Waals surface area contributed by atoms with Crippen LogP contribution in [0.1, 0.15) is 26.7 Å². The van der Waals surface area contributed by atoms with Crippen molar-refractivity contribution in [1.82, 2.24) is 0 Å². The molecule has 0 bridgehead atoms. The molecule has 0 radical (unpaired) electrons. The molecule has 8 N–H and O–H groups in total. The van der Waals surface area contributed by atoms with Crippen molar-refractivity contribution in [2.45, 2.75) is 32.7 Å². The predicted molar refractivity (Wildman–Crippen MR) is 59.2 cm³/mol. The third-order valence-corrected chi connectivity index (χ3v) is 1.68. The van der Waals surface area contributed by atoms with E-state index in [4.69, 9.17) is 22.9 Å². The van der Waals surface area contributed by atoms with Crippen LogP contribution in [0, 0.1) is 5.92 Å². The molecule has 0 fully saturated rings. The molecule has 4 heteroatoms.